The third-order valence-corrected chi connectivity index (χ3v) is 2.52. The molecule has 0 aliphatic carbocycles. The van der Waals surface area contributed by atoms with Crippen LogP contribution in [0.15, 0.2) is 29.2 Å². The molecule has 2 rings (SSSR count). The Morgan fingerprint density at radius 2 is 2.12 bits per heavy atom. The number of rotatable bonds is 2. The van der Waals surface area contributed by atoms with Gasteiger partial charge in [-0.15, -0.1) is 0 Å². The number of nitrogens with two attached hydrogens (primary N) is 1. The molecule has 0 bridgehead atoms. The summed E-state index contributed by atoms with van der Waals surface area (Å²) in [7, 11) is 0. The average Bonchev–Trinajstić information content (AvgIpc) is 2.26. The van der Waals surface area contributed by atoms with E-state index in [9.17, 15) is 4.79 Å². The van der Waals surface area contributed by atoms with E-state index in [0.717, 1.165) is 11.3 Å². The molecule has 0 amide bonds. The average molecular weight is 230 g/mol. The second kappa shape index (κ2) is 4.37. The maximum Gasteiger partial charge on any atom is 0.254 e. The van der Waals surface area contributed by atoms with Gasteiger partial charge in [-0.3, -0.25) is 9.36 Å². The zero-order chi connectivity index (χ0) is 12.4. The number of aryl methyl sites for hydroxylation is 2. The molecular weight excluding hydrogens is 216 g/mol. The zero-order valence-electron chi connectivity index (χ0n) is 9.84. The fourth-order valence-corrected chi connectivity index (χ4v) is 1.67. The lowest BCUT2D eigenvalue weighted by Gasteiger charge is -2.09. The summed E-state index contributed by atoms with van der Waals surface area (Å²) < 4.78 is 1.61. The molecule has 0 unspecified atom stereocenters. The molecule has 0 radical (unpaired) electrons. The molecule has 2 heterocycles. The molecule has 0 atom stereocenters. The van der Waals surface area contributed by atoms with E-state index in [1.54, 1.807) is 16.8 Å². The lowest BCUT2D eigenvalue weighted by molar-refractivity contribution is 0.692. The highest BCUT2D eigenvalue weighted by molar-refractivity contribution is 5.29. The monoisotopic (exact) mass is 230 g/mol. The van der Waals surface area contributed by atoms with Gasteiger partial charge in [0.15, 0.2) is 0 Å². The summed E-state index contributed by atoms with van der Waals surface area (Å²) in [5.74, 6) is 1.17. The standard InChI is InChI=1S/C12H14N4O/c1-8-5-12(17)16(9(2)15-8)7-10-3-4-11(13)14-6-10/h3-6H,7H2,1-2H3,(H2,13,14). The number of anilines is 1. The molecule has 0 saturated carbocycles. The first-order valence-electron chi connectivity index (χ1n) is 5.32. The van der Waals surface area contributed by atoms with E-state index in [0.29, 0.717) is 18.2 Å². The van der Waals surface area contributed by atoms with Gasteiger partial charge >= 0.3 is 0 Å². The molecule has 0 fully saturated rings. The van der Waals surface area contributed by atoms with E-state index in [2.05, 4.69) is 9.97 Å². The van der Waals surface area contributed by atoms with Crippen LogP contribution in [0.1, 0.15) is 17.1 Å². The lowest BCUT2D eigenvalue weighted by atomic mass is 10.2. The molecule has 5 nitrogen and oxygen atoms in total. The number of nitrogen functional groups attached to an aromatic ring is 1. The molecule has 2 aromatic rings. The normalized spacial score (nSPS) is 10.5. The van der Waals surface area contributed by atoms with Crippen LogP contribution in [0.4, 0.5) is 5.82 Å². The molecule has 0 spiro atoms. The maximum absolute atomic E-state index is 11.8. The summed E-state index contributed by atoms with van der Waals surface area (Å²) in [6.45, 7) is 4.09. The van der Waals surface area contributed by atoms with Crippen molar-refractivity contribution in [3.8, 4) is 0 Å². The topological polar surface area (TPSA) is 73.8 Å². The molecule has 2 N–H and O–H groups in total. The van der Waals surface area contributed by atoms with Crippen molar-refractivity contribution in [1.29, 1.82) is 0 Å². The first kappa shape index (κ1) is 11.3. The van der Waals surface area contributed by atoms with E-state index >= 15 is 0 Å². The third kappa shape index (κ3) is 2.50. The lowest BCUT2D eigenvalue weighted by Crippen LogP contribution is -2.24. The summed E-state index contributed by atoms with van der Waals surface area (Å²) in [6.07, 6.45) is 1.67. The van der Waals surface area contributed by atoms with Gasteiger partial charge in [-0.2, -0.15) is 0 Å². The Kier molecular flexibility index (Phi) is 2.91. The Balaban J connectivity index is 2.36. The van der Waals surface area contributed by atoms with Crippen LogP contribution in [-0.2, 0) is 6.54 Å². The zero-order valence-corrected chi connectivity index (χ0v) is 9.84. The summed E-state index contributed by atoms with van der Waals surface area (Å²) in [4.78, 5) is 20.1. The molecule has 0 aliphatic rings. The van der Waals surface area contributed by atoms with Crippen molar-refractivity contribution < 1.29 is 0 Å². The number of aromatic nitrogens is 3. The number of pyridine rings is 1. The van der Waals surface area contributed by atoms with E-state index in [1.165, 1.54) is 6.07 Å². The fraction of sp³-hybridized carbons (Fsp3) is 0.250. The third-order valence-electron chi connectivity index (χ3n) is 2.52. The van der Waals surface area contributed by atoms with Gasteiger partial charge in [0.2, 0.25) is 0 Å². The summed E-state index contributed by atoms with van der Waals surface area (Å²) >= 11 is 0. The molecule has 88 valence electrons. The van der Waals surface area contributed by atoms with E-state index in [1.807, 2.05) is 19.9 Å². The molecule has 0 aliphatic heterocycles. The SMILES string of the molecule is Cc1cc(=O)n(Cc2ccc(N)nc2)c(C)n1. The predicted molar refractivity (Wildman–Crippen MR) is 65.7 cm³/mol. The van der Waals surface area contributed by atoms with Crippen molar-refractivity contribution in [3.63, 3.8) is 0 Å². The molecule has 5 heteroatoms. The summed E-state index contributed by atoms with van der Waals surface area (Å²) in [6, 6.07) is 5.10. The van der Waals surface area contributed by atoms with Gasteiger partial charge in [-0.05, 0) is 25.5 Å². The highest BCUT2D eigenvalue weighted by atomic mass is 16.1. The second-order valence-corrected chi connectivity index (χ2v) is 3.96. The van der Waals surface area contributed by atoms with Gasteiger partial charge in [0.25, 0.3) is 5.56 Å². The van der Waals surface area contributed by atoms with Gasteiger partial charge in [-0.1, -0.05) is 6.07 Å². The van der Waals surface area contributed by atoms with Gasteiger partial charge in [0.05, 0.1) is 6.54 Å². The number of hydrogen-bond acceptors (Lipinski definition) is 4. The molecular formula is C12H14N4O. The van der Waals surface area contributed by atoms with Crippen molar-refractivity contribution in [3.05, 3.63) is 51.8 Å². The molecule has 2 aromatic heterocycles. The van der Waals surface area contributed by atoms with Crippen molar-refractivity contribution in [2.45, 2.75) is 20.4 Å². The fourth-order valence-electron chi connectivity index (χ4n) is 1.67. The maximum atomic E-state index is 11.8. The molecule has 0 saturated heterocycles. The molecule has 0 aromatic carbocycles. The van der Waals surface area contributed by atoms with E-state index in [-0.39, 0.29) is 5.56 Å². The van der Waals surface area contributed by atoms with Crippen LogP contribution in [0.3, 0.4) is 0 Å². The van der Waals surface area contributed by atoms with Crippen molar-refractivity contribution in [2.75, 3.05) is 5.73 Å². The van der Waals surface area contributed by atoms with E-state index in [4.69, 9.17) is 5.73 Å². The van der Waals surface area contributed by atoms with Crippen LogP contribution in [0.5, 0.6) is 0 Å². The Morgan fingerprint density at radius 3 is 2.71 bits per heavy atom. The summed E-state index contributed by atoms with van der Waals surface area (Å²) in [5, 5.41) is 0. The highest BCUT2D eigenvalue weighted by Crippen LogP contribution is 2.04. The van der Waals surface area contributed by atoms with Gasteiger partial charge in [-0.25, -0.2) is 9.97 Å². The summed E-state index contributed by atoms with van der Waals surface area (Å²) in [5.41, 5.74) is 7.12. The smallest absolute Gasteiger partial charge is 0.254 e. The molecule has 17 heavy (non-hydrogen) atoms. The van der Waals surface area contributed by atoms with Crippen molar-refractivity contribution in [2.24, 2.45) is 0 Å². The number of hydrogen-bond donors (Lipinski definition) is 1. The predicted octanol–water partition coefficient (Wildman–Crippen LogP) is 0.886. The van der Waals surface area contributed by atoms with Gasteiger partial charge < -0.3 is 5.73 Å². The van der Waals surface area contributed by atoms with Crippen LogP contribution in [0.2, 0.25) is 0 Å². The van der Waals surface area contributed by atoms with Crippen molar-refractivity contribution >= 4 is 5.82 Å². The van der Waals surface area contributed by atoms with E-state index < -0.39 is 0 Å². The van der Waals surface area contributed by atoms with Crippen LogP contribution >= 0.6 is 0 Å². The Morgan fingerprint density at radius 1 is 1.35 bits per heavy atom. The first-order chi connectivity index (χ1) is 8.06. The van der Waals surface area contributed by atoms with Crippen LogP contribution in [0, 0.1) is 13.8 Å². The minimum Gasteiger partial charge on any atom is -0.384 e. The Labute approximate surface area is 99.0 Å². The van der Waals surface area contributed by atoms with Gasteiger partial charge in [0.1, 0.15) is 11.6 Å². The quantitative estimate of drug-likeness (QED) is 0.831. The Hall–Kier alpha value is -2.17. The minimum absolute atomic E-state index is 0.0492. The van der Waals surface area contributed by atoms with Crippen LogP contribution in [0.25, 0.3) is 0 Å². The Bertz CT molecular complexity index is 586. The highest BCUT2D eigenvalue weighted by Gasteiger charge is 2.04. The van der Waals surface area contributed by atoms with Crippen molar-refractivity contribution in [1.82, 2.24) is 14.5 Å². The largest absolute Gasteiger partial charge is 0.384 e. The van der Waals surface area contributed by atoms with Crippen LogP contribution in [-0.4, -0.2) is 14.5 Å². The number of nitrogens with zero attached hydrogens (tertiary/aromatic N) is 3. The second-order valence-electron chi connectivity index (χ2n) is 3.96. The van der Waals surface area contributed by atoms with Gasteiger partial charge in [0, 0.05) is 18.0 Å². The first-order valence-corrected chi connectivity index (χ1v) is 5.32. The minimum atomic E-state index is -0.0492. The van der Waals surface area contributed by atoms with Crippen LogP contribution < -0.4 is 11.3 Å².